The van der Waals surface area contributed by atoms with Crippen molar-refractivity contribution in [3.05, 3.63) is 60.0 Å². The second kappa shape index (κ2) is 9.59. The third kappa shape index (κ3) is 4.77. The van der Waals surface area contributed by atoms with E-state index in [0.717, 1.165) is 0 Å². The fraction of sp³-hybridized carbons (Fsp3) is 0.300. The fourth-order valence-corrected chi connectivity index (χ4v) is 2.59. The largest absolute Gasteiger partial charge is 0.486 e. The molecule has 1 unspecified atom stereocenters. The number of para-hydroxylation sites is 2. The van der Waals surface area contributed by atoms with Crippen LogP contribution >= 0.6 is 0 Å². The second-order valence-electron chi connectivity index (χ2n) is 5.67. The van der Waals surface area contributed by atoms with Crippen LogP contribution in [0.15, 0.2) is 60.0 Å². The van der Waals surface area contributed by atoms with Gasteiger partial charge < -0.3 is 23.8 Å². The lowest BCUT2D eigenvalue weighted by molar-refractivity contribution is -0.139. The van der Waals surface area contributed by atoms with Crippen molar-refractivity contribution in [2.24, 2.45) is 0 Å². The molecule has 1 aromatic rings. The van der Waals surface area contributed by atoms with Gasteiger partial charge in [0.15, 0.2) is 0 Å². The van der Waals surface area contributed by atoms with E-state index >= 15 is 0 Å². The Labute approximate surface area is 158 Å². The first-order chi connectivity index (χ1) is 13.0. The van der Waals surface area contributed by atoms with Crippen LogP contribution in [-0.2, 0) is 23.8 Å². The van der Waals surface area contributed by atoms with Gasteiger partial charge in [0.2, 0.25) is 0 Å². The average molecular weight is 373 g/mol. The number of rotatable bonds is 7. The zero-order valence-corrected chi connectivity index (χ0v) is 15.8. The molecule has 0 aliphatic carbocycles. The van der Waals surface area contributed by atoms with Gasteiger partial charge in [-0.05, 0) is 31.2 Å². The Morgan fingerprint density at radius 3 is 2.41 bits per heavy atom. The Morgan fingerprint density at radius 2 is 1.74 bits per heavy atom. The Bertz CT molecular complexity index is 780. The maximum Gasteiger partial charge on any atom is 0.355 e. The molecule has 0 aromatic heterocycles. The predicted octanol–water partition coefficient (Wildman–Crippen LogP) is 2.59. The molecule has 1 atom stereocenters. The quantitative estimate of drug-likeness (QED) is 0.680. The first-order valence-electron chi connectivity index (χ1n) is 8.33. The average Bonchev–Trinajstić information content (AvgIpc) is 2.90. The van der Waals surface area contributed by atoms with Crippen LogP contribution in [0, 0.1) is 0 Å². The summed E-state index contributed by atoms with van der Waals surface area (Å²) >= 11 is 0. The van der Waals surface area contributed by atoms with E-state index in [9.17, 15) is 9.59 Å². The third-order valence-electron chi connectivity index (χ3n) is 3.74. The minimum atomic E-state index is -0.675. The highest BCUT2D eigenvalue weighted by atomic mass is 16.5. The molecule has 0 saturated heterocycles. The molecule has 0 fully saturated rings. The highest BCUT2D eigenvalue weighted by Crippen LogP contribution is 2.34. The van der Waals surface area contributed by atoms with Crippen LogP contribution in [-0.4, -0.2) is 46.0 Å². The van der Waals surface area contributed by atoms with Gasteiger partial charge in [-0.25, -0.2) is 9.59 Å². The zero-order valence-electron chi connectivity index (χ0n) is 15.8. The first kappa shape index (κ1) is 20.3. The smallest absolute Gasteiger partial charge is 0.355 e. The number of hydrogen-bond donors (Lipinski definition) is 0. The molecular formula is C20H23NO6. The van der Waals surface area contributed by atoms with E-state index in [1.807, 2.05) is 19.1 Å². The van der Waals surface area contributed by atoms with E-state index in [1.54, 1.807) is 42.5 Å². The molecule has 0 radical (unpaired) electrons. The van der Waals surface area contributed by atoms with Gasteiger partial charge in [-0.15, -0.1) is 0 Å². The van der Waals surface area contributed by atoms with Gasteiger partial charge in [0.25, 0.3) is 0 Å². The number of carbonyl (C=O) groups is 2. The Kier molecular flexibility index (Phi) is 7.19. The van der Waals surface area contributed by atoms with Gasteiger partial charge in [0, 0.05) is 13.3 Å². The van der Waals surface area contributed by atoms with Crippen LogP contribution in [0.2, 0.25) is 0 Å². The molecule has 1 aromatic carbocycles. The topological polar surface area (TPSA) is 74.3 Å². The number of allylic oxidation sites excluding steroid dienone is 2. The van der Waals surface area contributed by atoms with Crippen molar-refractivity contribution in [2.75, 3.05) is 32.8 Å². The van der Waals surface area contributed by atoms with Crippen molar-refractivity contribution < 1.29 is 28.5 Å². The van der Waals surface area contributed by atoms with E-state index in [-0.39, 0.29) is 17.4 Å². The molecule has 7 heteroatoms. The number of nitrogens with zero attached hydrogens (tertiary/aromatic N) is 1. The summed E-state index contributed by atoms with van der Waals surface area (Å²) < 4.78 is 20.8. The Balaban J connectivity index is 2.58. The van der Waals surface area contributed by atoms with Gasteiger partial charge in [-0.3, -0.25) is 0 Å². The number of methoxy groups -OCH3 is 3. The van der Waals surface area contributed by atoms with Gasteiger partial charge in [-0.1, -0.05) is 18.2 Å². The standard InChI is InChI=1S/C20H23NO6/c1-14(13-24-2)27-17-11-6-5-10-16(17)21-12-8-7-9-15(19(22)25-3)18(21)20(23)26-4/h5-12,14H,13H2,1-4H3. The van der Waals surface area contributed by atoms with Crippen molar-refractivity contribution in [1.29, 1.82) is 0 Å². The molecule has 1 aliphatic rings. The number of esters is 2. The molecular weight excluding hydrogens is 350 g/mol. The third-order valence-corrected chi connectivity index (χ3v) is 3.74. The lowest BCUT2D eigenvalue weighted by Gasteiger charge is -2.26. The number of benzene rings is 1. The molecule has 0 saturated carbocycles. The summed E-state index contributed by atoms with van der Waals surface area (Å²) in [5, 5.41) is 0. The molecule has 0 spiro atoms. The van der Waals surface area contributed by atoms with E-state index < -0.39 is 11.9 Å². The number of carbonyl (C=O) groups excluding carboxylic acids is 2. The second-order valence-corrected chi connectivity index (χ2v) is 5.67. The molecule has 27 heavy (non-hydrogen) atoms. The highest BCUT2D eigenvalue weighted by molar-refractivity contribution is 6.05. The summed E-state index contributed by atoms with van der Waals surface area (Å²) in [6.07, 6.45) is 6.30. The van der Waals surface area contributed by atoms with Gasteiger partial charge in [0.1, 0.15) is 17.6 Å². The zero-order chi connectivity index (χ0) is 19.8. The molecule has 1 aliphatic heterocycles. The van der Waals surface area contributed by atoms with Crippen molar-refractivity contribution >= 4 is 17.6 Å². The van der Waals surface area contributed by atoms with Crippen molar-refractivity contribution in [2.45, 2.75) is 13.0 Å². The fourth-order valence-electron chi connectivity index (χ4n) is 2.59. The molecule has 2 rings (SSSR count). The van der Waals surface area contributed by atoms with E-state index in [0.29, 0.717) is 18.0 Å². The molecule has 0 amide bonds. The summed E-state index contributed by atoms with van der Waals surface area (Å²) in [4.78, 5) is 26.3. The van der Waals surface area contributed by atoms with E-state index in [2.05, 4.69) is 0 Å². The van der Waals surface area contributed by atoms with Crippen molar-refractivity contribution in [1.82, 2.24) is 0 Å². The maximum absolute atomic E-state index is 12.5. The van der Waals surface area contributed by atoms with E-state index in [1.165, 1.54) is 20.3 Å². The van der Waals surface area contributed by atoms with Crippen LogP contribution in [0.1, 0.15) is 6.92 Å². The van der Waals surface area contributed by atoms with Crippen LogP contribution < -0.4 is 9.64 Å². The van der Waals surface area contributed by atoms with Crippen LogP contribution in [0.3, 0.4) is 0 Å². The van der Waals surface area contributed by atoms with Crippen LogP contribution in [0.4, 0.5) is 5.69 Å². The molecule has 1 heterocycles. The lowest BCUT2D eigenvalue weighted by atomic mass is 10.1. The Morgan fingerprint density at radius 1 is 1.04 bits per heavy atom. The van der Waals surface area contributed by atoms with Gasteiger partial charge >= 0.3 is 11.9 Å². The number of anilines is 1. The van der Waals surface area contributed by atoms with E-state index in [4.69, 9.17) is 18.9 Å². The summed E-state index contributed by atoms with van der Waals surface area (Å²) in [6.45, 7) is 2.27. The molecule has 0 bridgehead atoms. The van der Waals surface area contributed by atoms with Gasteiger partial charge in [0.05, 0.1) is 32.1 Å². The maximum atomic E-state index is 12.5. The first-order valence-corrected chi connectivity index (χ1v) is 8.33. The minimum Gasteiger partial charge on any atom is -0.486 e. The highest BCUT2D eigenvalue weighted by Gasteiger charge is 2.29. The normalized spacial score (nSPS) is 14.6. The molecule has 7 nitrogen and oxygen atoms in total. The molecule has 0 N–H and O–H groups in total. The number of ether oxygens (including phenoxy) is 4. The van der Waals surface area contributed by atoms with Gasteiger partial charge in [-0.2, -0.15) is 0 Å². The summed E-state index contributed by atoms with van der Waals surface area (Å²) in [7, 11) is 4.10. The lowest BCUT2D eigenvalue weighted by Crippen LogP contribution is -2.28. The Hall–Kier alpha value is -3.06. The molecule has 144 valence electrons. The monoisotopic (exact) mass is 373 g/mol. The minimum absolute atomic E-state index is 0.0322. The predicted molar refractivity (Wildman–Crippen MR) is 100 cm³/mol. The summed E-state index contributed by atoms with van der Waals surface area (Å²) in [5.74, 6) is -0.794. The van der Waals surface area contributed by atoms with Crippen molar-refractivity contribution in [3.8, 4) is 5.75 Å². The number of hydrogen-bond acceptors (Lipinski definition) is 7. The summed E-state index contributed by atoms with van der Waals surface area (Å²) in [5.41, 5.74) is 0.682. The summed E-state index contributed by atoms with van der Waals surface area (Å²) in [6, 6.07) is 7.19. The van der Waals surface area contributed by atoms with Crippen LogP contribution in [0.5, 0.6) is 5.75 Å². The SMILES string of the molecule is COCC(C)Oc1ccccc1N1C=CC=CC(C(=O)OC)=C1C(=O)OC. The van der Waals surface area contributed by atoms with Crippen LogP contribution in [0.25, 0.3) is 0 Å². The van der Waals surface area contributed by atoms with Crippen molar-refractivity contribution in [3.63, 3.8) is 0 Å².